The van der Waals surface area contributed by atoms with Gasteiger partial charge in [0.05, 0.1) is 11.4 Å². The number of likely N-dealkylation sites (tertiary alicyclic amines) is 1. The molecule has 2 heterocycles. The first kappa shape index (κ1) is 21.0. The molecule has 4 rings (SSSR count). The van der Waals surface area contributed by atoms with Crippen LogP contribution in [-0.4, -0.2) is 34.1 Å². The summed E-state index contributed by atoms with van der Waals surface area (Å²) in [6, 6.07) is 19.6. The van der Waals surface area contributed by atoms with Crippen molar-refractivity contribution in [3.8, 4) is 11.5 Å². The normalized spacial score (nSPS) is 14.6. The maximum atomic E-state index is 12.9. The number of aromatic nitrogens is 2. The molecular weight excluding hydrogens is 386 g/mol. The van der Waals surface area contributed by atoms with Crippen LogP contribution in [0.4, 0.5) is 0 Å². The van der Waals surface area contributed by atoms with Gasteiger partial charge in [0.1, 0.15) is 11.5 Å². The Morgan fingerprint density at radius 1 is 0.903 bits per heavy atom. The Kier molecular flexibility index (Phi) is 6.31. The Labute approximate surface area is 184 Å². The van der Waals surface area contributed by atoms with Crippen LogP contribution in [0.3, 0.4) is 0 Å². The molecule has 3 aromatic rings. The van der Waals surface area contributed by atoms with Gasteiger partial charge in [0.25, 0.3) is 5.91 Å². The summed E-state index contributed by atoms with van der Waals surface area (Å²) in [5.41, 5.74) is 3.93. The van der Waals surface area contributed by atoms with Gasteiger partial charge in [-0.05, 0) is 79.8 Å². The van der Waals surface area contributed by atoms with Crippen molar-refractivity contribution in [3.63, 3.8) is 0 Å². The number of benzene rings is 2. The fraction of sp³-hybridized carbons (Fsp3) is 0.346. The summed E-state index contributed by atoms with van der Waals surface area (Å²) in [4.78, 5) is 14.8. The lowest BCUT2D eigenvalue weighted by atomic mass is 9.93. The number of piperidine rings is 1. The van der Waals surface area contributed by atoms with Crippen LogP contribution < -0.4 is 4.74 Å². The highest BCUT2D eigenvalue weighted by molar-refractivity contribution is 5.94. The smallest absolute Gasteiger partial charge is 0.253 e. The molecule has 5 nitrogen and oxygen atoms in total. The summed E-state index contributed by atoms with van der Waals surface area (Å²) in [5, 5.41) is 8.48. The van der Waals surface area contributed by atoms with Crippen LogP contribution >= 0.6 is 0 Å². The van der Waals surface area contributed by atoms with Crippen LogP contribution in [0.15, 0.2) is 60.7 Å². The number of rotatable bonds is 5. The second-order valence-corrected chi connectivity index (χ2v) is 8.52. The summed E-state index contributed by atoms with van der Waals surface area (Å²) in [6.07, 6.45) is 1.83. The molecule has 5 heteroatoms. The van der Waals surface area contributed by atoms with Crippen molar-refractivity contribution in [1.29, 1.82) is 0 Å². The van der Waals surface area contributed by atoms with Crippen molar-refractivity contribution in [2.45, 2.75) is 45.4 Å². The van der Waals surface area contributed by atoms with Crippen LogP contribution in [0.1, 0.15) is 65.8 Å². The number of aryl methyl sites for hydroxylation is 1. The monoisotopic (exact) mass is 415 g/mol. The van der Waals surface area contributed by atoms with Gasteiger partial charge in [0.15, 0.2) is 0 Å². The predicted molar refractivity (Wildman–Crippen MR) is 122 cm³/mol. The van der Waals surface area contributed by atoms with Gasteiger partial charge < -0.3 is 9.64 Å². The van der Waals surface area contributed by atoms with Crippen LogP contribution in [-0.2, 0) is 0 Å². The minimum Gasteiger partial charge on any atom is -0.457 e. The summed E-state index contributed by atoms with van der Waals surface area (Å²) in [5.74, 6) is 2.46. The minimum absolute atomic E-state index is 0.0706. The third kappa shape index (κ3) is 5.10. The van der Waals surface area contributed by atoms with E-state index in [-0.39, 0.29) is 5.91 Å². The van der Waals surface area contributed by atoms with E-state index >= 15 is 0 Å². The molecule has 0 spiro atoms. The zero-order valence-electron chi connectivity index (χ0n) is 18.4. The lowest BCUT2D eigenvalue weighted by Crippen LogP contribution is -2.38. The number of hydrogen-bond acceptors (Lipinski definition) is 4. The quantitative estimate of drug-likeness (QED) is 0.535. The molecule has 0 aliphatic carbocycles. The SMILES string of the molecule is Cc1ccc(C2CCN(C(=O)c3ccc(Oc4ccc(C(C)C)cc4)cc3)CC2)nn1. The number of ether oxygens (including phenoxy) is 1. The molecule has 2 aromatic carbocycles. The van der Waals surface area contributed by atoms with E-state index in [9.17, 15) is 4.79 Å². The highest BCUT2D eigenvalue weighted by Gasteiger charge is 2.25. The zero-order valence-corrected chi connectivity index (χ0v) is 18.4. The summed E-state index contributed by atoms with van der Waals surface area (Å²) in [6.45, 7) is 7.76. The van der Waals surface area contributed by atoms with E-state index in [1.54, 1.807) is 0 Å². The Balaban J connectivity index is 1.33. The van der Waals surface area contributed by atoms with Crippen molar-refractivity contribution in [3.05, 3.63) is 83.2 Å². The van der Waals surface area contributed by atoms with E-state index in [0.717, 1.165) is 48.8 Å². The molecule has 1 fully saturated rings. The Bertz CT molecular complexity index is 1000. The van der Waals surface area contributed by atoms with Gasteiger partial charge in [-0.3, -0.25) is 4.79 Å². The molecule has 0 bridgehead atoms. The van der Waals surface area contributed by atoms with Gasteiger partial charge in [0.2, 0.25) is 0 Å². The van der Waals surface area contributed by atoms with Gasteiger partial charge in [0, 0.05) is 24.6 Å². The van der Waals surface area contributed by atoms with E-state index in [2.05, 4.69) is 42.2 Å². The van der Waals surface area contributed by atoms with Crippen molar-refractivity contribution in [1.82, 2.24) is 15.1 Å². The van der Waals surface area contributed by atoms with Crippen molar-refractivity contribution < 1.29 is 9.53 Å². The maximum Gasteiger partial charge on any atom is 0.253 e. The van der Waals surface area contributed by atoms with E-state index in [1.165, 1.54) is 5.56 Å². The molecule has 1 aliphatic heterocycles. The second kappa shape index (κ2) is 9.29. The molecule has 0 radical (unpaired) electrons. The summed E-state index contributed by atoms with van der Waals surface area (Å²) in [7, 11) is 0. The average Bonchev–Trinajstić information content (AvgIpc) is 2.80. The van der Waals surface area contributed by atoms with E-state index in [4.69, 9.17) is 4.74 Å². The highest BCUT2D eigenvalue weighted by Crippen LogP contribution is 2.28. The highest BCUT2D eigenvalue weighted by atomic mass is 16.5. The molecule has 0 saturated carbocycles. The molecule has 0 atom stereocenters. The lowest BCUT2D eigenvalue weighted by Gasteiger charge is -2.31. The Hall–Kier alpha value is -3.21. The van der Waals surface area contributed by atoms with Crippen LogP contribution in [0.25, 0.3) is 0 Å². The number of amides is 1. The standard InChI is InChI=1S/C26H29N3O2/c1-18(2)20-5-9-23(10-6-20)31-24-11-7-22(8-12-24)26(30)29-16-14-21(15-17-29)25-13-4-19(3)27-28-25/h4-13,18,21H,14-17H2,1-3H3. The van der Waals surface area contributed by atoms with Gasteiger partial charge >= 0.3 is 0 Å². The number of carbonyl (C=O) groups is 1. The number of hydrogen-bond donors (Lipinski definition) is 0. The van der Waals surface area contributed by atoms with Gasteiger partial charge in [-0.1, -0.05) is 26.0 Å². The van der Waals surface area contributed by atoms with Crippen molar-refractivity contribution in [2.24, 2.45) is 0 Å². The second-order valence-electron chi connectivity index (χ2n) is 8.52. The molecule has 160 valence electrons. The molecule has 1 aliphatic rings. The molecule has 0 N–H and O–H groups in total. The third-order valence-corrected chi connectivity index (χ3v) is 5.90. The molecule has 31 heavy (non-hydrogen) atoms. The molecule has 1 aromatic heterocycles. The summed E-state index contributed by atoms with van der Waals surface area (Å²) < 4.78 is 5.93. The van der Waals surface area contributed by atoms with E-state index in [1.807, 2.05) is 54.3 Å². The van der Waals surface area contributed by atoms with Crippen LogP contribution in [0, 0.1) is 6.92 Å². The minimum atomic E-state index is 0.0706. The first-order chi connectivity index (χ1) is 15.0. The maximum absolute atomic E-state index is 12.9. The van der Waals surface area contributed by atoms with Crippen molar-refractivity contribution >= 4 is 5.91 Å². The fourth-order valence-electron chi connectivity index (χ4n) is 3.91. The van der Waals surface area contributed by atoms with E-state index < -0.39 is 0 Å². The van der Waals surface area contributed by atoms with Crippen LogP contribution in [0.2, 0.25) is 0 Å². The number of carbonyl (C=O) groups excluding carboxylic acids is 1. The first-order valence-corrected chi connectivity index (χ1v) is 11.0. The van der Waals surface area contributed by atoms with Gasteiger partial charge in [-0.2, -0.15) is 10.2 Å². The van der Waals surface area contributed by atoms with Crippen molar-refractivity contribution in [2.75, 3.05) is 13.1 Å². The first-order valence-electron chi connectivity index (χ1n) is 11.0. The Morgan fingerprint density at radius 2 is 1.52 bits per heavy atom. The Morgan fingerprint density at radius 3 is 2.06 bits per heavy atom. The van der Waals surface area contributed by atoms with Gasteiger partial charge in [-0.25, -0.2) is 0 Å². The van der Waals surface area contributed by atoms with E-state index in [0.29, 0.717) is 17.4 Å². The molecule has 0 unspecified atom stereocenters. The zero-order chi connectivity index (χ0) is 21.8. The molecule has 1 saturated heterocycles. The third-order valence-electron chi connectivity index (χ3n) is 5.90. The summed E-state index contributed by atoms with van der Waals surface area (Å²) >= 11 is 0. The molecule has 1 amide bonds. The molecular formula is C26H29N3O2. The van der Waals surface area contributed by atoms with Crippen LogP contribution in [0.5, 0.6) is 11.5 Å². The average molecular weight is 416 g/mol. The van der Waals surface area contributed by atoms with Gasteiger partial charge in [-0.15, -0.1) is 0 Å². The largest absolute Gasteiger partial charge is 0.457 e. The number of nitrogens with zero attached hydrogens (tertiary/aromatic N) is 3. The lowest BCUT2D eigenvalue weighted by molar-refractivity contribution is 0.0712. The topological polar surface area (TPSA) is 55.3 Å². The predicted octanol–water partition coefficient (Wildman–Crippen LogP) is 5.72. The fourth-order valence-corrected chi connectivity index (χ4v) is 3.91.